The molecule has 126 valence electrons. The molecule has 6 nitrogen and oxygen atoms in total. The van der Waals surface area contributed by atoms with Gasteiger partial charge in [-0.3, -0.25) is 14.9 Å². The van der Waals surface area contributed by atoms with Gasteiger partial charge in [0.2, 0.25) is 5.91 Å². The zero-order valence-electron chi connectivity index (χ0n) is 13.7. The van der Waals surface area contributed by atoms with Gasteiger partial charge in [0.15, 0.2) is 0 Å². The SMILES string of the molecule is C/C=C\[C@@H]1C[C@H](C(=O)O)N[C@H]1[C@@H](NC(C)=O)[C@@H](O)CC(C)C. The molecule has 1 heterocycles. The molecule has 0 aromatic heterocycles. The van der Waals surface area contributed by atoms with Crippen LogP contribution in [-0.2, 0) is 9.59 Å². The van der Waals surface area contributed by atoms with Gasteiger partial charge < -0.3 is 15.5 Å². The summed E-state index contributed by atoms with van der Waals surface area (Å²) in [5.74, 6) is -0.891. The Morgan fingerprint density at radius 2 is 2.05 bits per heavy atom. The molecule has 1 aliphatic rings. The van der Waals surface area contributed by atoms with Crippen molar-refractivity contribution in [1.29, 1.82) is 0 Å². The molecule has 0 spiro atoms. The number of aliphatic hydroxyl groups is 1. The summed E-state index contributed by atoms with van der Waals surface area (Å²) in [4.78, 5) is 22.7. The minimum atomic E-state index is -0.906. The van der Waals surface area contributed by atoms with E-state index < -0.39 is 24.2 Å². The number of hydrogen-bond acceptors (Lipinski definition) is 4. The van der Waals surface area contributed by atoms with Gasteiger partial charge in [-0.05, 0) is 31.6 Å². The van der Waals surface area contributed by atoms with Gasteiger partial charge in [-0.1, -0.05) is 26.0 Å². The third kappa shape index (κ3) is 5.10. The number of amides is 1. The number of nitrogens with one attached hydrogen (secondary N) is 2. The van der Waals surface area contributed by atoms with Crippen LogP contribution in [0.25, 0.3) is 0 Å². The first-order valence-corrected chi connectivity index (χ1v) is 7.83. The minimum absolute atomic E-state index is 0.0373. The van der Waals surface area contributed by atoms with E-state index in [1.54, 1.807) is 0 Å². The summed E-state index contributed by atoms with van der Waals surface area (Å²) in [7, 11) is 0. The van der Waals surface area contributed by atoms with E-state index >= 15 is 0 Å². The Morgan fingerprint density at radius 1 is 1.41 bits per heavy atom. The molecule has 0 aliphatic carbocycles. The van der Waals surface area contributed by atoms with E-state index in [2.05, 4.69) is 10.6 Å². The van der Waals surface area contributed by atoms with Crippen molar-refractivity contribution in [2.24, 2.45) is 11.8 Å². The molecule has 22 heavy (non-hydrogen) atoms. The summed E-state index contributed by atoms with van der Waals surface area (Å²) in [6, 6.07) is -1.46. The number of aliphatic hydroxyl groups excluding tert-OH is 1. The van der Waals surface area contributed by atoms with Crippen LogP contribution in [0.3, 0.4) is 0 Å². The van der Waals surface area contributed by atoms with Crippen LogP contribution in [0.2, 0.25) is 0 Å². The van der Waals surface area contributed by atoms with E-state index in [-0.39, 0.29) is 23.8 Å². The highest BCUT2D eigenvalue weighted by molar-refractivity contribution is 5.75. The normalized spacial score (nSPS) is 28.0. The highest BCUT2D eigenvalue weighted by atomic mass is 16.4. The highest BCUT2D eigenvalue weighted by Crippen LogP contribution is 2.27. The lowest BCUT2D eigenvalue weighted by Gasteiger charge is -2.32. The second-order valence-corrected chi connectivity index (χ2v) is 6.43. The number of carboxylic acids is 1. The zero-order chi connectivity index (χ0) is 16.9. The molecule has 1 fully saturated rings. The van der Waals surface area contributed by atoms with Crippen molar-refractivity contribution in [2.75, 3.05) is 0 Å². The van der Waals surface area contributed by atoms with Crippen LogP contribution >= 0.6 is 0 Å². The first-order valence-electron chi connectivity index (χ1n) is 7.83. The molecule has 0 bridgehead atoms. The molecule has 0 radical (unpaired) electrons. The molecule has 0 saturated carbocycles. The van der Waals surface area contributed by atoms with Crippen LogP contribution in [0, 0.1) is 11.8 Å². The fourth-order valence-corrected chi connectivity index (χ4v) is 3.12. The Hall–Kier alpha value is -1.40. The maximum absolute atomic E-state index is 11.5. The number of aliphatic carboxylic acids is 1. The first kappa shape index (κ1) is 18.6. The van der Waals surface area contributed by atoms with Crippen molar-refractivity contribution in [3.63, 3.8) is 0 Å². The van der Waals surface area contributed by atoms with E-state index in [1.165, 1.54) is 6.92 Å². The fraction of sp³-hybridized carbons (Fsp3) is 0.750. The van der Waals surface area contributed by atoms with Gasteiger partial charge in [0.1, 0.15) is 6.04 Å². The molecule has 6 heteroatoms. The molecule has 5 atom stereocenters. The molecular weight excluding hydrogens is 284 g/mol. The summed E-state index contributed by atoms with van der Waals surface area (Å²) in [5, 5.41) is 25.6. The van der Waals surface area contributed by atoms with Crippen LogP contribution in [0.5, 0.6) is 0 Å². The number of rotatable bonds is 7. The lowest BCUT2D eigenvalue weighted by Crippen LogP contribution is -2.57. The van der Waals surface area contributed by atoms with E-state index in [0.717, 1.165) is 0 Å². The van der Waals surface area contributed by atoms with Crippen molar-refractivity contribution in [3.05, 3.63) is 12.2 Å². The largest absolute Gasteiger partial charge is 0.480 e. The van der Waals surface area contributed by atoms with Crippen molar-refractivity contribution in [2.45, 2.75) is 64.8 Å². The number of allylic oxidation sites excluding steroid dienone is 1. The topological polar surface area (TPSA) is 98.7 Å². The number of carbonyl (C=O) groups excluding carboxylic acids is 1. The quantitative estimate of drug-likeness (QED) is 0.524. The van der Waals surface area contributed by atoms with Gasteiger partial charge in [0.05, 0.1) is 12.1 Å². The summed E-state index contributed by atoms with van der Waals surface area (Å²) in [6.07, 6.45) is 4.10. The third-order valence-electron chi connectivity index (χ3n) is 3.98. The van der Waals surface area contributed by atoms with Crippen LogP contribution < -0.4 is 10.6 Å². The molecular formula is C16H28N2O4. The second kappa shape index (κ2) is 8.29. The molecule has 1 rings (SSSR count). The number of carboxylic acid groups (broad SMARTS) is 1. The van der Waals surface area contributed by atoms with Gasteiger partial charge in [-0.2, -0.15) is 0 Å². The van der Waals surface area contributed by atoms with Crippen LogP contribution in [0.4, 0.5) is 0 Å². The predicted molar refractivity (Wildman–Crippen MR) is 84.3 cm³/mol. The fourth-order valence-electron chi connectivity index (χ4n) is 3.12. The van der Waals surface area contributed by atoms with E-state index in [4.69, 9.17) is 0 Å². The molecule has 1 aliphatic heterocycles. The van der Waals surface area contributed by atoms with Crippen molar-refractivity contribution in [1.82, 2.24) is 10.6 Å². The van der Waals surface area contributed by atoms with Crippen LogP contribution in [-0.4, -0.2) is 46.3 Å². The molecule has 1 amide bonds. The summed E-state index contributed by atoms with van der Waals surface area (Å²) in [6.45, 7) is 7.28. The average Bonchev–Trinajstić information content (AvgIpc) is 2.79. The lowest BCUT2D eigenvalue weighted by atomic mass is 9.87. The third-order valence-corrected chi connectivity index (χ3v) is 3.98. The van der Waals surface area contributed by atoms with Crippen LogP contribution in [0.1, 0.15) is 40.5 Å². The Bertz CT molecular complexity index is 422. The Balaban J connectivity index is 2.98. The highest BCUT2D eigenvalue weighted by Gasteiger charge is 2.42. The molecule has 0 aromatic rings. The van der Waals surface area contributed by atoms with E-state index in [1.807, 2.05) is 32.9 Å². The first-order chi connectivity index (χ1) is 10.3. The number of carbonyl (C=O) groups is 2. The van der Waals surface area contributed by atoms with E-state index in [0.29, 0.717) is 12.8 Å². The van der Waals surface area contributed by atoms with Gasteiger partial charge in [0, 0.05) is 13.0 Å². The summed E-state index contributed by atoms with van der Waals surface area (Å²) >= 11 is 0. The van der Waals surface area contributed by atoms with Gasteiger partial charge in [0.25, 0.3) is 0 Å². The van der Waals surface area contributed by atoms with Gasteiger partial charge in [-0.25, -0.2) is 0 Å². The van der Waals surface area contributed by atoms with Gasteiger partial charge in [-0.15, -0.1) is 0 Å². The Kier molecular flexibility index (Phi) is 7.03. The molecule has 1 saturated heterocycles. The predicted octanol–water partition coefficient (Wildman–Crippen LogP) is 0.906. The Labute approximate surface area is 132 Å². The number of hydrogen-bond donors (Lipinski definition) is 4. The maximum Gasteiger partial charge on any atom is 0.320 e. The van der Waals surface area contributed by atoms with Crippen LogP contribution in [0.15, 0.2) is 12.2 Å². The second-order valence-electron chi connectivity index (χ2n) is 6.43. The van der Waals surface area contributed by atoms with Crippen molar-refractivity contribution < 1.29 is 19.8 Å². The van der Waals surface area contributed by atoms with E-state index in [9.17, 15) is 19.8 Å². The molecule has 0 unspecified atom stereocenters. The maximum atomic E-state index is 11.5. The minimum Gasteiger partial charge on any atom is -0.480 e. The summed E-state index contributed by atoms with van der Waals surface area (Å²) < 4.78 is 0. The lowest BCUT2D eigenvalue weighted by molar-refractivity contribution is -0.139. The zero-order valence-corrected chi connectivity index (χ0v) is 13.7. The molecule has 0 aromatic carbocycles. The smallest absolute Gasteiger partial charge is 0.320 e. The Morgan fingerprint density at radius 3 is 2.50 bits per heavy atom. The van der Waals surface area contributed by atoms with Gasteiger partial charge >= 0.3 is 5.97 Å². The average molecular weight is 312 g/mol. The summed E-state index contributed by atoms with van der Waals surface area (Å²) in [5.41, 5.74) is 0. The molecule has 4 N–H and O–H groups in total. The standard InChI is InChI=1S/C16H28N2O4/c1-5-6-11-8-12(16(21)22)18-14(11)15(17-10(4)19)13(20)7-9(2)3/h5-6,9,11-15,18,20H,7-8H2,1-4H3,(H,17,19)(H,21,22)/b6-5-/t11-,12-,13+,14-,15+/m1/s1. The van der Waals surface area contributed by atoms with Crippen molar-refractivity contribution >= 4 is 11.9 Å². The monoisotopic (exact) mass is 312 g/mol. The van der Waals surface area contributed by atoms with Crippen molar-refractivity contribution in [3.8, 4) is 0 Å².